The van der Waals surface area contributed by atoms with Crippen LogP contribution in [0, 0.1) is 0 Å². The maximum atomic E-state index is 7.45. The molecule has 0 N–H and O–H groups in total. The van der Waals surface area contributed by atoms with Gasteiger partial charge in [-0.2, -0.15) is 0 Å². The first-order valence-electron chi connectivity index (χ1n) is 10.5. The highest BCUT2D eigenvalue weighted by atomic mass is 79.9. The van der Waals surface area contributed by atoms with Crippen LogP contribution < -0.4 is 10.4 Å². The third-order valence-corrected chi connectivity index (χ3v) is 13.9. The largest absolute Gasteiger partial charge is 0.400 e. The van der Waals surface area contributed by atoms with Crippen molar-refractivity contribution in [2.24, 2.45) is 0 Å². The van der Waals surface area contributed by atoms with E-state index < -0.39 is 8.32 Å². The molecule has 0 aromatic heterocycles. The number of halogens is 2. The third kappa shape index (κ3) is 3.88. The smallest absolute Gasteiger partial charge is 0.261 e. The molecule has 0 bridgehead atoms. The topological polar surface area (TPSA) is 9.23 Å². The average molecular weight is 544 g/mol. The van der Waals surface area contributed by atoms with Gasteiger partial charge in [-0.15, -0.1) is 0 Å². The molecule has 0 saturated heterocycles. The molecule has 4 heteroatoms. The van der Waals surface area contributed by atoms with Crippen LogP contribution in [0.4, 0.5) is 0 Å². The average Bonchev–Trinajstić information content (AvgIpc) is 2.75. The molecule has 0 spiro atoms. The summed E-state index contributed by atoms with van der Waals surface area (Å²) >= 11 is 7.82. The minimum atomic E-state index is -2.59. The van der Waals surface area contributed by atoms with E-state index in [9.17, 15) is 0 Å². The van der Waals surface area contributed by atoms with Crippen LogP contribution in [0.1, 0.15) is 49.3 Å². The second-order valence-corrected chi connectivity index (χ2v) is 15.5. The maximum Gasteiger partial charge on any atom is 0.261 e. The molecule has 3 aromatic carbocycles. The fourth-order valence-electron chi connectivity index (χ4n) is 4.72. The van der Waals surface area contributed by atoms with Crippen LogP contribution in [0.15, 0.2) is 84.9 Å². The van der Waals surface area contributed by atoms with E-state index in [-0.39, 0.29) is 11.1 Å². The number of rotatable bonds is 4. The summed E-state index contributed by atoms with van der Waals surface area (Å²) in [6.07, 6.45) is 0.989. The lowest BCUT2D eigenvalue weighted by molar-refractivity contribution is 0.172. The quantitative estimate of drug-likeness (QED) is 0.256. The number of hydrogen-bond donors (Lipinski definition) is 0. The number of alkyl halides is 2. The molecule has 0 heterocycles. The molecule has 0 amide bonds. The zero-order valence-electron chi connectivity index (χ0n) is 17.7. The number of fused-ring (bicyclic) bond motifs is 1. The van der Waals surface area contributed by atoms with E-state index in [2.05, 4.69) is 138 Å². The standard InChI is InChI=1S/C26H28Br2OSi/c1-26(2,3)30(19-12-6-4-7-13-19,20-14-8-5-9-15-20)29-24-18-23(27)25(28)22-17-11-10-16-21(22)24/h4-17,23-25H,18H2,1-3H3/t23?,24-,25?/m1/s1. The molecule has 0 aliphatic heterocycles. The van der Waals surface area contributed by atoms with E-state index in [4.69, 9.17) is 4.43 Å². The van der Waals surface area contributed by atoms with Gasteiger partial charge in [-0.1, -0.05) is 138 Å². The molecule has 3 atom stereocenters. The van der Waals surface area contributed by atoms with Gasteiger partial charge in [0, 0.05) is 4.83 Å². The zero-order chi connectivity index (χ0) is 21.4. The van der Waals surface area contributed by atoms with Crippen molar-refractivity contribution in [3.63, 3.8) is 0 Å². The SMILES string of the molecule is CC(C)(C)[Si](O[C@@H]1CC(Br)C(Br)c2ccccc21)(c1ccccc1)c1ccccc1. The lowest BCUT2D eigenvalue weighted by Gasteiger charge is -2.47. The van der Waals surface area contributed by atoms with E-state index in [1.807, 2.05) is 0 Å². The van der Waals surface area contributed by atoms with Crippen LogP contribution in [0.3, 0.4) is 0 Å². The minimum Gasteiger partial charge on any atom is -0.400 e. The Morgan fingerprint density at radius 3 is 1.70 bits per heavy atom. The van der Waals surface area contributed by atoms with Gasteiger partial charge in [0.25, 0.3) is 8.32 Å². The molecule has 156 valence electrons. The minimum absolute atomic E-state index is 0.0300. The summed E-state index contributed by atoms with van der Waals surface area (Å²) < 4.78 is 7.45. The summed E-state index contributed by atoms with van der Waals surface area (Å²) in [6, 6.07) is 30.5. The zero-order valence-corrected chi connectivity index (χ0v) is 21.9. The number of hydrogen-bond acceptors (Lipinski definition) is 1. The molecule has 30 heavy (non-hydrogen) atoms. The van der Waals surface area contributed by atoms with E-state index in [0.29, 0.717) is 9.65 Å². The predicted octanol–water partition coefficient (Wildman–Crippen LogP) is 6.91. The van der Waals surface area contributed by atoms with Crippen molar-refractivity contribution in [3.8, 4) is 0 Å². The van der Waals surface area contributed by atoms with Crippen molar-refractivity contribution < 1.29 is 4.43 Å². The lowest BCUT2D eigenvalue weighted by Crippen LogP contribution is -2.67. The van der Waals surface area contributed by atoms with Crippen molar-refractivity contribution in [2.45, 2.75) is 48.0 Å². The van der Waals surface area contributed by atoms with Crippen molar-refractivity contribution in [2.75, 3.05) is 0 Å². The maximum absolute atomic E-state index is 7.45. The van der Waals surface area contributed by atoms with Gasteiger partial charge in [-0.3, -0.25) is 0 Å². The highest BCUT2D eigenvalue weighted by Gasteiger charge is 2.52. The summed E-state index contributed by atoms with van der Waals surface area (Å²) in [4.78, 5) is 0.628. The van der Waals surface area contributed by atoms with Crippen LogP contribution in [0.2, 0.25) is 5.04 Å². The Morgan fingerprint density at radius 1 is 0.733 bits per heavy atom. The molecule has 1 aliphatic rings. The van der Waals surface area contributed by atoms with Crippen molar-refractivity contribution in [3.05, 3.63) is 96.1 Å². The van der Waals surface area contributed by atoms with Gasteiger partial charge < -0.3 is 4.43 Å². The fourth-order valence-corrected chi connectivity index (χ4v) is 10.6. The van der Waals surface area contributed by atoms with Crippen LogP contribution in [0.25, 0.3) is 0 Å². The molecule has 3 aromatic rings. The third-order valence-electron chi connectivity index (χ3n) is 6.13. The van der Waals surface area contributed by atoms with Crippen molar-refractivity contribution in [1.29, 1.82) is 0 Å². The summed E-state index contributed by atoms with van der Waals surface area (Å²) in [5, 5.41) is 2.62. The Bertz CT molecular complexity index is 945. The van der Waals surface area contributed by atoms with E-state index >= 15 is 0 Å². The second kappa shape index (κ2) is 8.74. The first kappa shape index (κ1) is 22.0. The first-order valence-corrected chi connectivity index (χ1v) is 14.2. The van der Waals surface area contributed by atoms with Gasteiger partial charge in [0.1, 0.15) is 0 Å². The van der Waals surface area contributed by atoms with Gasteiger partial charge in [0.05, 0.1) is 10.9 Å². The van der Waals surface area contributed by atoms with E-state index in [1.54, 1.807) is 0 Å². The normalized spacial score (nSPS) is 21.8. The van der Waals surface area contributed by atoms with Gasteiger partial charge in [-0.05, 0) is 33.0 Å². The van der Waals surface area contributed by atoms with E-state index in [0.717, 1.165) is 6.42 Å². The molecule has 0 radical (unpaired) electrons. The van der Waals surface area contributed by atoms with E-state index in [1.165, 1.54) is 21.5 Å². The van der Waals surface area contributed by atoms with Gasteiger partial charge >= 0.3 is 0 Å². The Hall–Kier alpha value is -1.20. The molecule has 2 unspecified atom stereocenters. The summed E-state index contributed by atoms with van der Waals surface area (Å²) in [5.41, 5.74) is 2.64. The summed E-state index contributed by atoms with van der Waals surface area (Å²) in [5.74, 6) is 0. The van der Waals surface area contributed by atoms with Gasteiger partial charge in [-0.25, -0.2) is 0 Å². The van der Waals surface area contributed by atoms with Crippen molar-refractivity contribution in [1.82, 2.24) is 0 Å². The predicted molar refractivity (Wildman–Crippen MR) is 137 cm³/mol. The highest BCUT2D eigenvalue weighted by Crippen LogP contribution is 2.48. The molecule has 1 aliphatic carbocycles. The van der Waals surface area contributed by atoms with Crippen molar-refractivity contribution >= 4 is 50.6 Å². The molecular weight excluding hydrogens is 516 g/mol. The second-order valence-electron chi connectivity index (χ2n) is 9.05. The van der Waals surface area contributed by atoms with Crippen LogP contribution in [-0.4, -0.2) is 13.1 Å². The fraction of sp³-hybridized carbons (Fsp3) is 0.308. The van der Waals surface area contributed by atoms with Crippen LogP contribution in [-0.2, 0) is 4.43 Å². The summed E-state index contributed by atoms with van der Waals surface area (Å²) in [6.45, 7) is 7.02. The highest BCUT2D eigenvalue weighted by molar-refractivity contribution is 9.12. The Balaban J connectivity index is 1.91. The molecular formula is C26H28Br2OSi. The number of benzene rings is 3. The molecule has 0 saturated carbocycles. The van der Waals surface area contributed by atoms with Crippen LogP contribution in [0.5, 0.6) is 0 Å². The molecule has 0 fully saturated rings. The first-order chi connectivity index (χ1) is 14.3. The Labute approximate surface area is 198 Å². The Morgan fingerprint density at radius 2 is 1.20 bits per heavy atom. The Kier molecular flexibility index (Phi) is 6.41. The van der Waals surface area contributed by atoms with Crippen LogP contribution >= 0.6 is 31.9 Å². The molecule has 4 rings (SSSR count). The summed E-state index contributed by atoms with van der Waals surface area (Å²) in [7, 11) is -2.59. The lowest BCUT2D eigenvalue weighted by atomic mass is 9.89. The monoisotopic (exact) mass is 542 g/mol. The van der Waals surface area contributed by atoms with Gasteiger partial charge in [0.15, 0.2) is 0 Å². The van der Waals surface area contributed by atoms with Gasteiger partial charge in [0.2, 0.25) is 0 Å². The molecule has 1 nitrogen and oxygen atoms in total.